The van der Waals surface area contributed by atoms with E-state index >= 15 is 0 Å². The number of carbonyl (C=O) groups excluding carboxylic acids is 1. The molecule has 1 aromatic heterocycles. The largest absolute Gasteiger partial charge is 0.480 e. The van der Waals surface area contributed by atoms with Gasteiger partial charge < -0.3 is 15.7 Å². The molecule has 1 amide bonds. The summed E-state index contributed by atoms with van der Waals surface area (Å²) < 4.78 is 0. The van der Waals surface area contributed by atoms with Gasteiger partial charge in [-0.15, -0.1) is 0 Å². The molecule has 21 heavy (non-hydrogen) atoms. The molecule has 1 rings (SSSR count). The van der Waals surface area contributed by atoms with E-state index in [1.807, 2.05) is 19.9 Å². The van der Waals surface area contributed by atoms with Gasteiger partial charge in [-0.25, -0.2) is 14.8 Å². The molecule has 0 spiro atoms. The molecular weight excluding hydrogens is 292 g/mol. The van der Waals surface area contributed by atoms with Crippen LogP contribution in [0.5, 0.6) is 0 Å². The van der Waals surface area contributed by atoms with Crippen LogP contribution in [0.3, 0.4) is 0 Å². The van der Waals surface area contributed by atoms with E-state index in [0.29, 0.717) is 18.9 Å². The maximum absolute atomic E-state index is 11.6. The number of carbonyl (C=O) groups is 2. The third-order valence-electron chi connectivity index (χ3n) is 2.66. The molecule has 0 aliphatic rings. The quantitative estimate of drug-likeness (QED) is 0.418. The second-order valence-electron chi connectivity index (χ2n) is 4.65. The van der Waals surface area contributed by atoms with Gasteiger partial charge in [-0.2, -0.15) is 12.6 Å². The number of thiol groups is 1. The summed E-state index contributed by atoms with van der Waals surface area (Å²) in [6, 6.07) is 0.929. The average molecular weight is 312 g/mol. The number of anilines is 1. The van der Waals surface area contributed by atoms with Crippen LogP contribution in [-0.2, 0) is 9.59 Å². The fourth-order valence-corrected chi connectivity index (χ4v) is 1.95. The number of nitrogens with one attached hydrogen (secondary N) is 2. The van der Waals surface area contributed by atoms with Crippen LogP contribution in [0.4, 0.5) is 5.95 Å². The van der Waals surface area contributed by atoms with Gasteiger partial charge in [-0.1, -0.05) is 0 Å². The van der Waals surface area contributed by atoms with Crippen LogP contribution < -0.4 is 10.6 Å². The monoisotopic (exact) mass is 312 g/mol. The lowest BCUT2D eigenvalue weighted by atomic mass is 10.2. The summed E-state index contributed by atoms with van der Waals surface area (Å²) in [5, 5.41) is 14.2. The Kier molecular flexibility index (Phi) is 6.93. The lowest BCUT2D eigenvalue weighted by Crippen LogP contribution is -2.42. The van der Waals surface area contributed by atoms with Crippen molar-refractivity contribution in [2.45, 2.75) is 32.7 Å². The molecule has 0 bridgehead atoms. The molecular formula is C13H20N4O3S. The molecule has 0 aliphatic carbocycles. The van der Waals surface area contributed by atoms with Crippen molar-refractivity contribution in [2.24, 2.45) is 0 Å². The van der Waals surface area contributed by atoms with Crippen molar-refractivity contribution >= 4 is 30.5 Å². The van der Waals surface area contributed by atoms with E-state index in [1.165, 1.54) is 0 Å². The molecule has 0 radical (unpaired) electrons. The number of rotatable bonds is 8. The van der Waals surface area contributed by atoms with Gasteiger partial charge >= 0.3 is 5.97 Å². The molecule has 0 saturated heterocycles. The van der Waals surface area contributed by atoms with Gasteiger partial charge in [0.05, 0.1) is 0 Å². The van der Waals surface area contributed by atoms with Crippen LogP contribution in [0, 0.1) is 13.8 Å². The van der Waals surface area contributed by atoms with Crippen LogP contribution in [0.1, 0.15) is 24.2 Å². The lowest BCUT2D eigenvalue weighted by molar-refractivity contribution is -0.141. The van der Waals surface area contributed by atoms with E-state index in [0.717, 1.165) is 11.4 Å². The van der Waals surface area contributed by atoms with Gasteiger partial charge in [0.25, 0.3) is 0 Å². The summed E-state index contributed by atoms with van der Waals surface area (Å²) >= 11 is 3.88. The van der Waals surface area contributed by atoms with E-state index in [-0.39, 0.29) is 18.1 Å². The Morgan fingerprint density at radius 2 is 1.95 bits per heavy atom. The number of aromatic nitrogens is 2. The predicted molar refractivity (Wildman–Crippen MR) is 82.6 cm³/mol. The smallest absolute Gasteiger partial charge is 0.327 e. The molecule has 7 nitrogen and oxygen atoms in total. The minimum absolute atomic E-state index is 0.0652. The number of aliphatic carboxylic acids is 1. The van der Waals surface area contributed by atoms with Crippen molar-refractivity contribution in [3.8, 4) is 0 Å². The first-order valence-corrected chi connectivity index (χ1v) is 7.25. The Balaban J connectivity index is 2.30. The third-order valence-corrected chi connectivity index (χ3v) is 3.03. The zero-order valence-corrected chi connectivity index (χ0v) is 13.0. The van der Waals surface area contributed by atoms with Crippen LogP contribution in [0.25, 0.3) is 0 Å². The maximum Gasteiger partial charge on any atom is 0.327 e. The first kappa shape index (κ1) is 17.2. The van der Waals surface area contributed by atoms with Crippen molar-refractivity contribution in [3.63, 3.8) is 0 Å². The summed E-state index contributed by atoms with van der Waals surface area (Å²) in [6.45, 7) is 4.31. The van der Waals surface area contributed by atoms with Gasteiger partial charge in [0.1, 0.15) is 6.04 Å². The average Bonchev–Trinajstić information content (AvgIpc) is 2.39. The van der Waals surface area contributed by atoms with Crippen molar-refractivity contribution < 1.29 is 14.7 Å². The number of aryl methyl sites for hydroxylation is 2. The summed E-state index contributed by atoms with van der Waals surface area (Å²) in [5.74, 6) is -0.790. The number of hydrogen-bond acceptors (Lipinski definition) is 6. The molecule has 1 atom stereocenters. The van der Waals surface area contributed by atoms with Crippen LogP contribution in [0.2, 0.25) is 0 Å². The Labute approximate surface area is 129 Å². The van der Waals surface area contributed by atoms with E-state index in [1.54, 1.807) is 0 Å². The summed E-state index contributed by atoms with van der Waals surface area (Å²) in [7, 11) is 0. The third kappa shape index (κ3) is 6.44. The van der Waals surface area contributed by atoms with E-state index in [2.05, 4.69) is 33.2 Å². The van der Waals surface area contributed by atoms with E-state index < -0.39 is 12.0 Å². The molecule has 0 fully saturated rings. The maximum atomic E-state index is 11.6. The van der Waals surface area contributed by atoms with Crippen molar-refractivity contribution in [1.82, 2.24) is 15.3 Å². The highest BCUT2D eigenvalue weighted by Gasteiger charge is 2.17. The Hall–Kier alpha value is -1.83. The highest BCUT2D eigenvalue weighted by molar-refractivity contribution is 7.80. The standard InChI is InChI=1S/C13H20N4O3S/c1-8-6-9(2)16-13(15-8)14-5-3-4-11(18)17-10(7-21)12(19)20/h6,10,21H,3-5,7H2,1-2H3,(H,17,18)(H,19,20)(H,14,15,16). The zero-order chi connectivity index (χ0) is 15.8. The predicted octanol–water partition coefficient (Wildman–Crippen LogP) is 0.785. The highest BCUT2D eigenvalue weighted by Crippen LogP contribution is 2.04. The zero-order valence-electron chi connectivity index (χ0n) is 12.1. The number of amides is 1. The van der Waals surface area contributed by atoms with Crippen molar-refractivity contribution in [3.05, 3.63) is 17.5 Å². The summed E-state index contributed by atoms with van der Waals surface area (Å²) in [5.41, 5.74) is 1.75. The molecule has 1 unspecified atom stereocenters. The fourth-order valence-electron chi connectivity index (χ4n) is 1.71. The van der Waals surface area contributed by atoms with Crippen molar-refractivity contribution in [2.75, 3.05) is 17.6 Å². The fraction of sp³-hybridized carbons (Fsp3) is 0.538. The minimum atomic E-state index is -1.08. The SMILES string of the molecule is Cc1cc(C)nc(NCCCC(=O)NC(CS)C(=O)O)n1. The molecule has 0 aliphatic heterocycles. The van der Waals surface area contributed by atoms with Crippen LogP contribution >= 0.6 is 12.6 Å². The van der Waals surface area contributed by atoms with Gasteiger partial charge in [0, 0.05) is 30.1 Å². The molecule has 116 valence electrons. The molecule has 1 heterocycles. The number of carboxylic acid groups (broad SMARTS) is 1. The molecule has 3 N–H and O–H groups in total. The molecule has 1 aromatic rings. The first-order valence-electron chi connectivity index (χ1n) is 6.61. The first-order chi connectivity index (χ1) is 9.92. The summed E-state index contributed by atoms with van der Waals surface area (Å²) in [4.78, 5) is 30.8. The summed E-state index contributed by atoms with van der Waals surface area (Å²) in [6.07, 6.45) is 0.788. The normalized spacial score (nSPS) is 11.8. The molecule has 0 aromatic carbocycles. The Bertz CT molecular complexity index is 490. The van der Waals surface area contributed by atoms with E-state index in [4.69, 9.17) is 5.11 Å². The topological polar surface area (TPSA) is 104 Å². The number of nitrogens with zero attached hydrogens (tertiary/aromatic N) is 2. The Morgan fingerprint density at radius 1 is 1.33 bits per heavy atom. The molecule has 8 heteroatoms. The highest BCUT2D eigenvalue weighted by atomic mass is 32.1. The second-order valence-corrected chi connectivity index (χ2v) is 5.01. The number of hydrogen-bond donors (Lipinski definition) is 4. The second kappa shape index (κ2) is 8.46. The van der Waals surface area contributed by atoms with Crippen molar-refractivity contribution in [1.29, 1.82) is 0 Å². The van der Waals surface area contributed by atoms with E-state index in [9.17, 15) is 9.59 Å². The minimum Gasteiger partial charge on any atom is -0.480 e. The Morgan fingerprint density at radius 3 is 2.48 bits per heavy atom. The van der Waals surface area contributed by atoms with Gasteiger partial charge in [0.15, 0.2) is 0 Å². The van der Waals surface area contributed by atoms with Gasteiger partial charge in [-0.3, -0.25) is 4.79 Å². The number of carboxylic acids is 1. The lowest BCUT2D eigenvalue weighted by Gasteiger charge is -2.12. The molecule has 0 saturated carbocycles. The van der Waals surface area contributed by atoms with Gasteiger partial charge in [0.2, 0.25) is 11.9 Å². The van der Waals surface area contributed by atoms with Crippen LogP contribution in [0.15, 0.2) is 6.07 Å². The van der Waals surface area contributed by atoms with Crippen LogP contribution in [-0.4, -0.2) is 45.3 Å². The van der Waals surface area contributed by atoms with Gasteiger partial charge in [-0.05, 0) is 26.3 Å².